The molecule has 1 aliphatic rings. The Morgan fingerprint density at radius 3 is 3.10 bits per heavy atom. The Bertz CT molecular complexity index is 448. The van der Waals surface area contributed by atoms with E-state index in [4.69, 9.17) is 4.74 Å². The van der Waals surface area contributed by atoms with Crippen LogP contribution in [0.5, 0.6) is 0 Å². The summed E-state index contributed by atoms with van der Waals surface area (Å²) < 4.78 is 5.36. The molecule has 1 aliphatic heterocycles. The maximum atomic E-state index is 10.4. The second-order valence-electron chi connectivity index (χ2n) is 4.94. The van der Waals surface area contributed by atoms with Crippen molar-refractivity contribution < 1.29 is 9.53 Å². The second kappa shape index (κ2) is 7.50. The highest BCUT2D eigenvalue weighted by atomic mass is 32.2. The van der Waals surface area contributed by atoms with E-state index in [2.05, 4.69) is 16.4 Å². The molecule has 0 amide bonds. The minimum absolute atomic E-state index is 0.348. The van der Waals surface area contributed by atoms with Crippen molar-refractivity contribution in [1.29, 1.82) is 0 Å². The average Bonchev–Trinajstić information content (AvgIpc) is 2.92. The fraction of sp³-hybridized carbons (Fsp3) is 0.571. The van der Waals surface area contributed by atoms with Gasteiger partial charge in [-0.2, -0.15) is 0 Å². The summed E-state index contributed by atoms with van der Waals surface area (Å²) in [5, 5.41) is 3.40. The number of hydrogen-bond acceptors (Lipinski definition) is 6. The summed E-state index contributed by atoms with van der Waals surface area (Å²) in [6, 6.07) is 2.41. The van der Waals surface area contributed by atoms with E-state index in [0.717, 1.165) is 48.1 Å². The Morgan fingerprint density at radius 2 is 2.45 bits per heavy atom. The highest BCUT2D eigenvalue weighted by molar-refractivity contribution is 7.99. The molecule has 110 valence electrons. The van der Waals surface area contributed by atoms with Gasteiger partial charge < -0.3 is 19.7 Å². The number of ether oxygens (including phenoxy) is 1. The molecular formula is C14H21N3O2S. The van der Waals surface area contributed by atoms with E-state index < -0.39 is 0 Å². The van der Waals surface area contributed by atoms with E-state index >= 15 is 0 Å². The van der Waals surface area contributed by atoms with Crippen molar-refractivity contribution in [3.8, 4) is 0 Å². The summed E-state index contributed by atoms with van der Waals surface area (Å²) in [7, 11) is 4.00. The zero-order chi connectivity index (χ0) is 14.4. The van der Waals surface area contributed by atoms with Crippen molar-refractivity contribution in [3.63, 3.8) is 0 Å². The number of anilines is 2. The van der Waals surface area contributed by atoms with Gasteiger partial charge in [0.25, 0.3) is 0 Å². The zero-order valence-electron chi connectivity index (χ0n) is 12.0. The number of aromatic nitrogens is 1. The standard InChI is InChI=1S/C14H21N3O2S/c1-17(2)12-9-15-14(16-11-4-6-19-10-11)8-13(12)20-7-3-5-18/h5,8-9,11H,3-4,6-7,10H2,1-2H3,(H,15,16). The molecule has 1 unspecified atom stereocenters. The quantitative estimate of drug-likeness (QED) is 0.472. The van der Waals surface area contributed by atoms with Crippen LogP contribution in [0.4, 0.5) is 11.5 Å². The number of thioether (sulfide) groups is 1. The summed E-state index contributed by atoms with van der Waals surface area (Å²) in [4.78, 5) is 18.1. The number of carbonyl (C=O) groups is 1. The number of nitrogens with one attached hydrogen (secondary N) is 1. The summed E-state index contributed by atoms with van der Waals surface area (Å²) >= 11 is 1.69. The number of nitrogens with zero attached hydrogens (tertiary/aromatic N) is 2. The van der Waals surface area contributed by atoms with Crippen molar-refractivity contribution in [1.82, 2.24) is 4.98 Å². The van der Waals surface area contributed by atoms with Crippen molar-refractivity contribution in [2.24, 2.45) is 0 Å². The van der Waals surface area contributed by atoms with Crippen LogP contribution in [-0.4, -0.2) is 50.4 Å². The minimum Gasteiger partial charge on any atom is -0.379 e. The molecule has 6 heteroatoms. The molecular weight excluding hydrogens is 274 g/mol. The molecule has 1 fully saturated rings. The third kappa shape index (κ3) is 4.11. The van der Waals surface area contributed by atoms with Crippen LogP contribution in [0.25, 0.3) is 0 Å². The van der Waals surface area contributed by atoms with Gasteiger partial charge in [0.05, 0.1) is 24.5 Å². The molecule has 0 aliphatic carbocycles. The molecule has 1 aromatic heterocycles. The van der Waals surface area contributed by atoms with Crippen LogP contribution in [0.1, 0.15) is 12.8 Å². The van der Waals surface area contributed by atoms with E-state index in [9.17, 15) is 4.79 Å². The van der Waals surface area contributed by atoms with Gasteiger partial charge in [0.1, 0.15) is 12.1 Å². The molecule has 0 aromatic carbocycles. The van der Waals surface area contributed by atoms with Gasteiger partial charge in [-0.3, -0.25) is 0 Å². The Morgan fingerprint density at radius 1 is 1.60 bits per heavy atom. The van der Waals surface area contributed by atoms with E-state index in [-0.39, 0.29) is 0 Å². The maximum Gasteiger partial charge on any atom is 0.127 e. The fourth-order valence-electron chi connectivity index (χ4n) is 2.03. The Labute approximate surface area is 124 Å². The van der Waals surface area contributed by atoms with Crippen molar-refractivity contribution in [2.45, 2.75) is 23.8 Å². The van der Waals surface area contributed by atoms with Crippen molar-refractivity contribution in [2.75, 3.05) is 43.3 Å². The highest BCUT2D eigenvalue weighted by Crippen LogP contribution is 2.31. The summed E-state index contributed by atoms with van der Waals surface area (Å²) in [5.74, 6) is 1.67. The molecule has 0 radical (unpaired) electrons. The fourth-order valence-corrected chi connectivity index (χ4v) is 3.05. The molecule has 1 aromatic rings. The number of hydrogen-bond donors (Lipinski definition) is 1. The van der Waals surface area contributed by atoms with Crippen LogP contribution >= 0.6 is 11.8 Å². The highest BCUT2D eigenvalue weighted by Gasteiger charge is 2.16. The first-order valence-electron chi connectivity index (χ1n) is 6.79. The lowest BCUT2D eigenvalue weighted by Gasteiger charge is -2.19. The van der Waals surface area contributed by atoms with Gasteiger partial charge in [-0.1, -0.05) is 0 Å². The Balaban J connectivity index is 2.09. The van der Waals surface area contributed by atoms with E-state index in [1.807, 2.05) is 25.2 Å². The SMILES string of the molecule is CN(C)c1cnc(NC2CCOC2)cc1SCCC=O. The van der Waals surface area contributed by atoms with E-state index in [1.54, 1.807) is 11.8 Å². The van der Waals surface area contributed by atoms with Crippen LogP contribution in [-0.2, 0) is 9.53 Å². The van der Waals surface area contributed by atoms with Crippen LogP contribution in [0.2, 0.25) is 0 Å². The molecule has 2 heterocycles. The van der Waals surface area contributed by atoms with Crippen LogP contribution in [0.15, 0.2) is 17.2 Å². The van der Waals surface area contributed by atoms with Gasteiger partial charge >= 0.3 is 0 Å². The largest absolute Gasteiger partial charge is 0.379 e. The molecule has 1 N–H and O–H groups in total. The monoisotopic (exact) mass is 295 g/mol. The first-order chi connectivity index (χ1) is 9.70. The normalized spacial score (nSPS) is 18.0. The molecule has 2 rings (SSSR count). The van der Waals surface area contributed by atoms with Gasteiger partial charge in [-0.25, -0.2) is 4.98 Å². The van der Waals surface area contributed by atoms with Gasteiger partial charge in [0.15, 0.2) is 0 Å². The second-order valence-corrected chi connectivity index (χ2v) is 6.08. The van der Waals surface area contributed by atoms with Crippen LogP contribution < -0.4 is 10.2 Å². The first kappa shape index (κ1) is 15.1. The third-order valence-electron chi connectivity index (χ3n) is 3.10. The molecule has 0 saturated carbocycles. The van der Waals surface area contributed by atoms with Gasteiger partial charge in [-0.15, -0.1) is 11.8 Å². The van der Waals surface area contributed by atoms with E-state index in [0.29, 0.717) is 12.5 Å². The van der Waals surface area contributed by atoms with Crippen LogP contribution in [0, 0.1) is 0 Å². The summed E-state index contributed by atoms with van der Waals surface area (Å²) in [5.41, 5.74) is 1.08. The molecule has 20 heavy (non-hydrogen) atoms. The third-order valence-corrected chi connectivity index (χ3v) is 4.18. The smallest absolute Gasteiger partial charge is 0.127 e. The predicted molar refractivity (Wildman–Crippen MR) is 82.8 cm³/mol. The lowest BCUT2D eigenvalue weighted by atomic mass is 10.2. The molecule has 0 spiro atoms. The predicted octanol–water partition coefficient (Wildman–Crippen LogP) is 2.03. The van der Waals surface area contributed by atoms with Crippen molar-refractivity contribution >= 4 is 29.6 Å². The number of carbonyl (C=O) groups excluding carboxylic acids is 1. The lowest BCUT2D eigenvalue weighted by Crippen LogP contribution is -2.20. The minimum atomic E-state index is 0.348. The Hall–Kier alpha value is -1.27. The van der Waals surface area contributed by atoms with Crippen LogP contribution in [0.3, 0.4) is 0 Å². The Kier molecular flexibility index (Phi) is 5.67. The maximum absolute atomic E-state index is 10.4. The molecule has 5 nitrogen and oxygen atoms in total. The van der Waals surface area contributed by atoms with Gasteiger partial charge in [0.2, 0.25) is 0 Å². The topological polar surface area (TPSA) is 54.5 Å². The van der Waals surface area contributed by atoms with E-state index in [1.165, 1.54) is 0 Å². The lowest BCUT2D eigenvalue weighted by molar-refractivity contribution is -0.107. The first-order valence-corrected chi connectivity index (χ1v) is 7.77. The number of pyridine rings is 1. The summed E-state index contributed by atoms with van der Waals surface area (Å²) in [6.07, 6.45) is 4.42. The number of aldehydes is 1. The number of rotatable bonds is 7. The van der Waals surface area contributed by atoms with Crippen molar-refractivity contribution in [3.05, 3.63) is 12.3 Å². The molecule has 1 saturated heterocycles. The molecule has 1 atom stereocenters. The van der Waals surface area contributed by atoms with Gasteiger partial charge in [-0.05, 0) is 12.5 Å². The molecule has 0 bridgehead atoms. The summed E-state index contributed by atoms with van der Waals surface area (Å²) in [6.45, 7) is 1.55. The average molecular weight is 295 g/mol. The zero-order valence-corrected chi connectivity index (χ0v) is 12.8. The van der Waals surface area contributed by atoms with Gasteiger partial charge in [0, 0.05) is 37.8 Å².